The van der Waals surface area contributed by atoms with Crippen molar-refractivity contribution in [2.75, 3.05) is 12.4 Å². The number of nitrogens with zero attached hydrogens (tertiary/aromatic N) is 1. The van der Waals surface area contributed by atoms with Gasteiger partial charge in [-0.2, -0.15) is 13.2 Å². The van der Waals surface area contributed by atoms with Crippen LogP contribution in [0.5, 0.6) is 17.2 Å². The molecule has 0 spiro atoms. The lowest BCUT2D eigenvalue weighted by molar-refractivity contribution is -0.383. The topological polar surface area (TPSA) is 99.9 Å². The molecule has 0 saturated heterocycles. The molecule has 36 heavy (non-hydrogen) atoms. The smallest absolute Gasteiger partial charge is 0.416 e. The van der Waals surface area contributed by atoms with Crippen LogP contribution in [-0.2, 0) is 15.7 Å². The lowest BCUT2D eigenvalue weighted by atomic mass is 10.2. The Hall–Kier alpha value is -4.06. The molecule has 3 aromatic carbocycles. The van der Waals surface area contributed by atoms with E-state index in [1.54, 1.807) is 0 Å². The maximum atomic E-state index is 14.3. The van der Waals surface area contributed by atoms with Crippen LogP contribution >= 0.6 is 11.6 Å². The number of carbonyl (C=O) groups excluding carboxylic acids is 1. The number of carbonyl (C=O) groups is 1. The second-order valence-corrected chi connectivity index (χ2v) is 7.64. The first-order chi connectivity index (χ1) is 16.9. The highest BCUT2D eigenvalue weighted by Gasteiger charge is 2.33. The number of halogens is 5. The van der Waals surface area contributed by atoms with Crippen molar-refractivity contribution in [1.29, 1.82) is 0 Å². The number of nitro groups is 1. The molecule has 0 saturated carbocycles. The van der Waals surface area contributed by atoms with Crippen LogP contribution in [0, 0.1) is 15.9 Å². The molecule has 0 heterocycles. The van der Waals surface area contributed by atoms with E-state index in [4.69, 9.17) is 21.1 Å². The van der Waals surface area contributed by atoms with Crippen LogP contribution in [0.1, 0.15) is 12.5 Å². The summed E-state index contributed by atoms with van der Waals surface area (Å²) in [6, 6.07) is 10.2. The predicted molar refractivity (Wildman–Crippen MR) is 121 cm³/mol. The minimum atomic E-state index is -4.81. The van der Waals surface area contributed by atoms with Crippen LogP contribution in [0.15, 0.2) is 54.6 Å². The minimum absolute atomic E-state index is 0.0578. The van der Waals surface area contributed by atoms with Crippen molar-refractivity contribution in [3.63, 3.8) is 0 Å². The summed E-state index contributed by atoms with van der Waals surface area (Å²) >= 11 is 5.79. The van der Waals surface area contributed by atoms with Gasteiger partial charge in [0.1, 0.15) is 17.2 Å². The van der Waals surface area contributed by atoms with Gasteiger partial charge in [-0.05, 0) is 49.4 Å². The number of nitrogens with one attached hydrogen (secondary N) is 1. The van der Waals surface area contributed by atoms with E-state index in [-0.39, 0.29) is 23.2 Å². The fraction of sp³-hybridized carbons (Fsp3) is 0.174. The van der Waals surface area contributed by atoms with Crippen LogP contribution in [0.4, 0.5) is 34.6 Å². The van der Waals surface area contributed by atoms with Gasteiger partial charge in [0, 0.05) is 17.8 Å². The quantitative estimate of drug-likeness (QED) is 0.147. The maximum Gasteiger partial charge on any atom is 0.416 e. The highest BCUT2D eigenvalue weighted by Crippen LogP contribution is 2.40. The third-order valence-electron chi connectivity index (χ3n) is 4.69. The van der Waals surface area contributed by atoms with E-state index in [2.05, 4.69) is 10.1 Å². The first-order valence-electron chi connectivity index (χ1n) is 10.0. The van der Waals surface area contributed by atoms with Crippen LogP contribution < -0.4 is 14.8 Å². The Balaban J connectivity index is 1.85. The van der Waals surface area contributed by atoms with Gasteiger partial charge in [-0.3, -0.25) is 10.1 Å². The monoisotopic (exact) mass is 528 g/mol. The maximum absolute atomic E-state index is 14.3. The molecule has 0 aromatic heterocycles. The zero-order valence-corrected chi connectivity index (χ0v) is 19.3. The lowest BCUT2D eigenvalue weighted by Gasteiger charge is -2.14. The number of ether oxygens (including phenoxy) is 3. The van der Waals surface area contributed by atoms with Crippen LogP contribution in [0.2, 0.25) is 5.02 Å². The molecule has 1 N–H and O–H groups in total. The third-order valence-corrected chi connectivity index (χ3v) is 4.97. The van der Waals surface area contributed by atoms with Crippen molar-refractivity contribution < 1.29 is 41.5 Å². The van der Waals surface area contributed by atoms with Crippen LogP contribution in [0.25, 0.3) is 0 Å². The molecule has 3 rings (SSSR count). The molecular formula is C23H17ClF4N2O6. The molecule has 1 atom stereocenters. The van der Waals surface area contributed by atoms with E-state index < -0.39 is 45.3 Å². The standard InChI is InChI=1S/C23H17ClF4N2O6/c1-12(22(31)34-2)35-15-5-3-14(4-6-15)29-19-11-16(7-8-20(19)30(32)33)36-21-17(24)9-13(10-18(21)25)23(26,27)28/h3-12,29H,1-2H3. The number of benzene rings is 3. The first kappa shape index (κ1) is 26.5. The van der Waals surface area contributed by atoms with Gasteiger partial charge in [0.15, 0.2) is 17.7 Å². The van der Waals surface area contributed by atoms with Crippen molar-refractivity contribution in [3.05, 3.63) is 81.1 Å². The van der Waals surface area contributed by atoms with Crippen molar-refractivity contribution in [2.24, 2.45) is 0 Å². The number of esters is 1. The van der Waals surface area contributed by atoms with Crippen molar-refractivity contribution >= 4 is 34.6 Å². The molecule has 1 unspecified atom stereocenters. The molecule has 0 radical (unpaired) electrons. The van der Waals surface area contributed by atoms with Gasteiger partial charge in [0.25, 0.3) is 5.69 Å². The van der Waals surface area contributed by atoms with Gasteiger partial charge in [-0.1, -0.05) is 11.6 Å². The predicted octanol–water partition coefficient (Wildman–Crippen LogP) is 6.88. The second-order valence-electron chi connectivity index (χ2n) is 7.24. The van der Waals surface area contributed by atoms with Crippen molar-refractivity contribution in [2.45, 2.75) is 19.2 Å². The number of hydrogen-bond acceptors (Lipinski definition) is 7. The summed E-state index contributed by atoms with van der Waals surface area (Å²) in [6.07, 6.45) is -5.67. The van der Waals surface area contributed by atoms with E-state index >= 15 is 0 Å². The van der Waals surface area contributed by atoms with Crippen molar-refractivity contribution in [1.82, 2.24) is 0 Å². The number of anilines is 2. The summed E-state index contributed by atoms with van der Waals surface area (Å²) in [5.74, 6) is -2.41. The molecule has 0 aliphatic rings. The molecule has 3 aromatic rings. The summed E-state index contributed by atoms with van der Waals surface area (Å²) in [4.78, 5) is 22.3. The van der Waals surface area contributed by atoms with Gasteiger partial charge in [0.2, 0.25) is 0 Å². The van der Waals surface area contributed by atoms with Gasteiger partial charge in [-0.25, -0.2) is 9.18 Å². The van der Waals surface area contributed by atoms with Crippen LogP contribution in [-0.4, -0.2) is 24.1 Å². The molecule has 8 nitrogen and oxygen atoms in total. The van der Waals surface area contributed by atoms with Gasteiger partial charge in [0.05, 0.1) is 22.6 Å². The fourth-order valence-electron chi connectivity index (χ4n) is 2.97. The number of methoxy groups -OCH3 is 1. The van der Waals surface area contributed by atoms with E-state index in [1.807, 2.05) is 0 Å². The summed E-state index contributed by atoms with van der Waals surface area (Å²) in [6.45, 7) is 1.50. The zero-order chi connectivity index (χ0) is 26.6. The van der Waals surface area contributed by atoms with Crippen molar-refractivity contribution in [3.8, 4) is 17.2 Å². The minimum Gasteiger partial charge on any atom is -0.479 e. The van der Waals surface area contributed by atoms with Gasteiger partial charge < -0.3 is 19.5 Å². The van der Waals surface area contributed by atoms with E-state index in [9.17, 15) is 32.5 Å². The average Bonchev–Trinajstić information content (AvgIpc) is 2.81. The normalized spacial score (nSPS) is 12.0. The number of rotatable bonds is 8. The molecular weight excluding hydrogens is 512 g/mol. The molecule has 0 bridgehead atoms. The highest BCUT2D eigenvalue weighted by atomic mass is 35.5. The Morgan fingerprint density at radius 1 is 1.08 bits per heavy atom. The Bertz CT molecular complexity index is 1260. The molecule has 0 fully saturated rings. The van der Waals surface area contributed by atoms with E-state index in [0.717, 1.165) is 18.2 Å². The largest absolute Gasteiger partial charge is 0.479 e. The molecule has 190 valence electrons. The SMILES string of the molecule is COC(=O)C(C)Oc1ccc(Nc2cc(Oc3c(F)cc(C(F)(F)F)cc3Cl)ccc2[N+](=O)[O-])cc1. The average molecular weight is 529 g/mol. The van der Waals surface area contributed by atoms with E-state index in [1.165, 1.54) is 38.3 Å². The molecule has 0 amide bonds. The molecule has 13 heteroatoms. The molecule has 0 aliphatic carbocycles. The Morgan fingerprint density at radius 3 is 2.28 bits per heavy atom. The summed E-state index contributed by atoms with van der Waals surface area (Å²) < 4.78 is 68.2. The number of alkyl halides is 3. The molecule has 0 aliphatic heterocycles. The third kappa shape index (κ3) is 6.33. The van der Waals surface area contributed by atoms with E-state index in [0.29, 0.717) is 17.5 Å². The highest BCUT2D eigenvalue weighted by molar-refractivity contribution is 6.32. The van der Waals surface area contributed by atoms with Gasteiger partial charge in [-0.15, -0.1) is 0 Å². The lowest BCUT2D eigenvalue weighted by Crippen LogP contribution is -2.24. The summed E-state index contributed by atoms with van der Waals surface area (Å²) in [5, 5.41) is 13.6. The Kier molecular flexibility index (Phi) is 7.88. The number of hydrogen-bond donors (Lipinski definition) is 1. The van der Waals surface area contributed by atoms with Crippen LogP contribution in [0.3, 0.4) is 0 Å². The Morgan fingerprint density at radius 2 is 1.72 bits per heavy atom. The van der Waals surface area contributed by atoms with Gasteiger partial charge >= 0.3 is 12.1 Å². The fourth-order valence-corrected chi connectivity index (χ4v) is 3.21. The summed E-state index contributed by atoms with van der Waals surface area (Å²) in [5.41, 5.74) is -1.33. The number of nitro benzene ring substituents is 1. The second kappa shape index (κ2) is 10.7. The first-order valence-corrected chi connectivity index (χ1v) is 10.4. The summed E-state index contributed by atoms with van der Waals surface area (Å²) in [7, 11) is 1.22. The zero-order valence-electron chi connectivity index (χ0n) is 18.6. The Labute approximate surface area is 206 Å².